The molecule has 3 rings (SSSR count). The van der Waals surface area contributed by atoms with Gasteiger partial charge in [-0.3, -0.25) is 18.5 Å². The molecule has 1 unspecified atom stereocenters. The fourth-order valence-electron chi connectivity index (χ4n) is 3.41. The first-order valence-corrected chi connectivity index (χ1v) is 11.6. The maximum atomic E-state index is 13.2. The van der Waals surface area contributed by atoms with Crippen LogP contribution in [-0.2, 0) is 22.4 Å². The van der Waals surface area contributed by atoms with Gasteiger partial charge in [-0.25, -0.2) is 4.39 Å². The Kier molecular flexibility index (Phi) is 7.60. The molecule has 1 heterocycles. The van der Waals surface area contributed by atoms with Crippen LogP contribution in [0.25, 0.3) is 10.9 Å². The van der Waals surface area contributed by atoms with Gasteiger partial charge in [0.25, 0.3) is 5.91 Å². The van der Waals surface area contributed by atoms with Gasteiger partial charge in [-0.1, -0.05) is 62.2 Å². The van der Waals surface area contributed by atoms with Crippen molar-refractivity contribution >= 4 is 33.8 Å². The zero-order valence-corrected chi connectivity index (χ0v) is 19.4. The number of aromatic nitrogens is 2. The molecule has 0 saturated carbocycles. The van der Waals surface area contributed by atoms with Crippen LogP contribution >= 0.6 is 0 Å². The van der Waals surface area contributed by atoms with Crippen LogP contribution in [0.15, 0.2) is 48.5 Å². The van der Waals surface area contributed by atoms with Crippen LogP contribution in [-0.4, -0.2) is 48.7 Å². The summed E-state index contributed by atoms with van der Waals surface area (Å²) in [7, 11) is 0. The van der Waals surface area contributed by atoms with E-state index >= 15 is 0 Å². The van der Waals surface area contributed by atoms with Crippen LogP contribution in [0, 0.1) is 11.2 Å². The summed E-state index contributed by atoms with van der Waals surface area (Å²) in [4.78, 5) is 25.9. The van der Waals surface area contributed by atoms with E-state index in [1.165, 1.54) is 12.1 Å². The van der Waals surface area contributed by atoms with E-state index in [1.807, 2.05) is 12.1 Å². The Labute approximate surface area is 193 Å². The van der Waals surface area contributed by atoms with E-state index in [0.717, 1.165) is 11.1 Å². The molecule has 0 saturated heterocycles. The number of halogens is 1. The van der Waals surface area contributed by atoms with Crippen molar-refractivity contribution < 1.29 is 22.7 Å². The molecule has 33 heavy (non-hydrogen) atoms. The standard InChI is InChI=1S/C23H27FN4O4S/c1-23(2,3)20(22(30)25-12-13-33(31)32)26-21(29)19-17-6-4-5-7-18(17)28(27-19)14-15-8-10-16(24)11-9-15/h4-11,20H,12-14H2,1-3H3,(H,25,30)(H,26,29)(H,31,32)/p-1/t20-/m1/s1. The van der Waals surface area contributed by atoms with Gasteiger partial charge in [-0.05, 0) is 29.2 Å². The Morgan fingerprint density at radius 2 is 1.82 bits per heavy atom. The molecule has 2 amide bonds. The predicted molar refractivity (Wildman–Crippen MR) is 123 cm³/mol. The van der Waals surface area contributed by atoms with Crippen molar-refractivity contribution in [3.63, 3.8) is 0 Å². The number of hydrogen-bond donors (Lipinski definition) is 2. The summed E-state index contributed by atoms with van der Waals surface area (Å²) >= 11 is -2.27. The van der Waals surface area contributed by atoms with Crippen LogP contribution in [0.5, 0.6) is 0 Å². The number of nitrogens with zero attached hydrogens (tertiary/aromatic N) is 2. The number of benzene rings is 2. The number of para-hydroxylation sites is 1. The number of nitrogens with one attached hydrogen (secondary N) is 2. The molecule has 176 valence electrons. The summed E-state index contributed by atoms with van der Waals surface area (Å²) in [5, 5.41) is 10.4. The van der Waals surface area contributed by atoms with Gasteiger partial charge >= 0.3 is 0 Å². The van der Waals surface area contributed by atoms with Crippen molar-refractivity contribution in [1.29, 1.82) is 0 Å². The molecule has 2 N–H and O–H groups in total. The second-order valence-electron chi connectivity index (χ2n) is 8.72. The maximum Gasteiger partial charge on any atom is 0.273 e. The fraction of sp³-hybridized carbons (Fsp3) is 0.348. The number of carbonyl (C=O) groups is 2. The highest BCUT2D eigenvalue weighted by molar-refractivity contribution is 7.79. The Morgan fingerprint density at radius 3 is 2.45 bits per heavy atom. The Hall–Kier alpha value is -3.11. The normalized spacial score (nSPS) is 13.5. The summed E-state index contributed by atoms with van der Waals surface area (Å²) in [6.45, 7) is 5.69. The van der Waals surface area contributed by atoms with Crippen molar-refractivity contribution in [1.82, 2.24) is 20.4 Å². The van der Waals surface area contributed by atoms with E-state index in [0.29, 0.717) is 11.9 Å². The molecule has 0 spiro atoms. The number of carbonyl (C=O) groups excluding carboxylic acids is 2. The molecule has 0 aliphatic rings. The van der Waals surface area contributed by atoms with E-state index in [-0.39, 0.29) is 23.8 Å². The third-order valence-corrected chi connectivity index (χ3v) is 5.63. The molecule has 8 nitrogen and oxygen atoms in total. The van der Waals surface area contributed by atoms with Crippen molar-refractivity contribution in [2.24, 2.45) is 5.41 Å². The lowest BCUT2D eigenvalue weighted by molar-refractivity contribution is -0.125. The molecule has 10 heteroatoms. The fourth-order valence-corrected chi connectivity index (χ4v) is 3.68. The van der Waals surface area contributed by atoms with Crippen LogP contribution in [0.3, 0.4) is 0 Å². The van der Waals surface area contributed by atoms with E-state index < -0.39 is 34.4 Å². The molecule has 0 aliphatic carbocycles. The molecule has 0 aliphatic heterocycles. The lowest BCUT2D eigenvalue weighted by Gasteiger charge is -2.30. The van der Waals surface area contributed by atoms with Crippen LogP contribution in [0.2, 0.25) is 0 Å². The van der Waals surface area contributed by atoms with Gasteiger partial charge in [0.05, 0.1) is 12.1 Å². The quantitative estimate of drug-likeness (QED) is 0.487. The summed E-state index contributed by atoms with van der Waals surface area (Å²) in [6, 6.07) is 12.4. The topological polar surface area (TPSA) is 116 Å². The van der Waals surface area contributed by atoms with Gasteiger partial charge in [0.2, 0.25) is 5.91 Å². The Morgan fingerprint density at radius 1 is 1.15 bits per heavy atom. The van der Waals surface area contributed by atoms with Gasteiger partial charge in [-0.15, -0.1) is 0 Å². The molecule has 0 fully saturated rings. The molecule has 1 aromatic heterocycles. The molecule has 2 atom stereocenters. The van der Waals surface area contributed by atoms with E-state index in [2.05, 4.69) is 15.7 Å². The van der Waals surface area contributed by atoms with Crippen LogP contribution < -0.4 is 10.6 Å². The lowest BCUT2D eigenvalue weighted by atomic mass is 9.86. The van der Waals surface area contributed by atoms with Crippen LogP contribution in [0.1, 0.15) is 36.8 Å². The summed E-state index contributed by atoms with van der Waals surface area (Å²) in [5.74, 6) is -1.55. The van der Waals surface area contributed by atoms with Crippen LogP contribution in [0.4, 0.5) is 4.39 Å². The van der Waals surface area contributed by atoms with Crippen molar-refractivity contribution in [3.05, 3.63) is 65.6 Å². The smallest absolute Gasteiger partial charge is 0.273 e. The SMILES string of the molecule is CC(C)(C)[C@H](NC(=O)c1nn(Cc2ccc(F)cc2)c2ccccc12)C(=O)NCCS(=O)[O-]. The minimum absolute atomic E-state index is 0.0490. The first-order valence-electron chi connectivity index (χ1n) is 10.4. The van der Waals surface area contributed by atoms with Gasteiger partial charge in [0.1, 0.15) is 11.9 Å². The highest BCUT2D eigenvalue weighted by Gasteiger charge is 2.33. The highest BCUT2D eigenvalue weighted by Crippen LogP contribution is 2.23. The first-order chi connectivity index (χ1) is 15.6. The van der Waals surface area contributed by atoms with E-state index in [1.54, 1.807) is 49.7 Å². The minimum Gasteiger partial charge on any atom is -0.772 e. The third-order valence-electron chi connectivity index (χ3n) is 5.09. The summed E-state index contributed by atoms with van der Waals surface area (Å²) in [5.41, 5.74) is 1.07. The molecule has 3 aromatic rings. The molecular formula is C23H26FN4O4S-. The molecular weight excluding hydrogens is 447 g/mol. The molecule has 0 bridgehead atoms. The minimum atomic E-state index is -2.27. The average molecular weight is 474 g/mol. The van der Waals surface area contributed by atoms with E-state index in [4.69, 9.17) is 0 Å². The van der Waals surface area contributed by atoms with Gasteiger partial charge in [0, 0.05) is 17.7 Å². The average Bonchev–Trinajstić information content (AvgIpc) is 3.11. The highest BCUT2D eigenvalue weighted by atomic mass is 32.2. The van der Waals surface area contributed by atoms with E-state index in [9.17, 15) is 22.7 Å². The first kappa shape index (κ1) is 24.5. The van der Waals surface area contributed by atoms with Crippen molar-refractivity contribution in [2.75, 3.05) is 12.3 Å². The number of fused-ring (bicyclic) bond motifs is 1. The largest absolute Gasteiger partial charge is 0.772 e. The monoisotopic (exact) mass is 473 g/mol. The van der Waals surface area contributed by atoms with Gasteiger partial charge in [0.15, 0.2) is 5.69 Å². The lowest BCUT2D eigenvalue weighted by Crippen LogP contribution is -2.54. The second kappa shape index (κ2) is 10.2. The van der Waals surface area contributed by atoms with Crippen molar-refractivity contribution in [3.8, 4) is 0 Å². The summed E-state index contributed by atoms with van der Waals surface area (Å²) < 4.78 is 36.4. The number of rotatable bonds is 8. The zero-order chi connectivity index (χ0) is 24.2. The number of hydrogen-bond acceptors (Lipinski definition) is 5. The van der Waals surface area contributed by atoms with Crippen molar-refractivity contribution in [2.45, 2.75) is 33.4 Å². The Balaban J connectivity index is 1.86. The predicted octanol–water partition coefficient (Wildman–Crippen LogP) is 2.36. The zero-order valence-electron chi connectivity index (χ0n) is 18.6. The van der Waals surface area contributed by atoms with Gasteiger partial charge in [-0.2, -0.15) is 5.10 Å². The third kappa shape index (κ3) is 6.23. The van der Waals surface area contributed by atoms with Gasteiger partial charge < -0.3 is 15.2 Å². The summed E-state index contributed by atoms with van der Waals surface area (Å²) in [6.07, 6.45) is 0. The molecule has 2 aromatic carbocycles. The number of amides is 2. The molecule has 0 radical (unpaired) electrons. The Bertz CT molecular complexity index is 1170. The second-order valence-corrected chi connectivity index (χ2v) is 9.74. The maximum absolute atomic E-state index is 13.2.